The molecule has 2 N–H and O–H groups in total. The summed E-state index contributed by atoms with van der Waals surface area (Å²) in [5.74, 6) is 0.455. The molecule has 1 aromatic carbocycles. The maximum atomic E-state index is 12.4. The number of nitrogens with zero attached hydrogens (tertiary/aromatic N) is 1. The SMILES string of the molecule is C[C@]12CC[C@H](C(O)(C(=O)O)c3ccccc3)CC1=CC[C@@H]1[C@@H]2CC[C@]2(C)C(c3cccnc3)=CC[C@@H]12. The summed E-state index contributed by atoms with van der Waals surface area (Å²) < 4.78 is 0. The first-order valence-corrected chi connectivity index (χ1v) is 13.6. The molecule has 1 aromatic heterocycles. The van der Waals surface area contributed by atoms with Crippen molar-refractivity contribution in [2.75, 3.05) is 0 Å². The second kappa shape index (κ2) is 8.41. The number of fused-ring (bicyclic) bond motifs is 5. The molecule has 1 heterocycles. The summed E-state index contributed by atoms with van der Waals surface area (Å²) in [6.45, 7) is 4.91. The summed E-state index contributed by atoms with van der Waals surface area (Å²) in [5.41, 5.74) is 3.07. The molecular weight excluding hydrogens is 446 g/mol. The second-order valence-electron chi connectivity index (χ2n) is 12.2. The molecule has 2 saturated carbocycles. The first kappa shape index (κ1) is 23.7. The number of aromatic nitrogens is 1. The predicted octanol–water partition coefficient (Wildman–Crippen LogP) is 6.63. The molecule has 1 unspecified atom stereocenters. The van der Waals surface area contributed by atoms with Crippen LogP contribution in [0.1, 0.15) is 69.9 Å². The van der Waals surface area contributed by atoms with Crippen LogP contribution in [-0.2, 0) is 10.4 Å². The summed E-state index contributed by atoms with van der Waals surface area (Å²) >= 11 is 0. The Morgan fingerprint density at radius 1 is 0.972 bits per heavy atom. The molecule has 2 fully saturated rings. The highest BCUT2D eigenvalue weighted by molar-refractivity contribution is 5.79. The number of hydrogen-bond acceptors (Lipinski definition) is 3. The van der Waals surface area contributed by atoms with Crippen LogP contribution in [0.15, 0.2) is 72.6 Å². The van der Waals surface area contributed by atoms with Crippen molar-refractivity contribution < 1.29 is 15.0 Å². The van der Waals surface area contributed by atoms with Crippen molar-refractivity contribution in [1.29, 1.82) is 0 Å². The Balaban J connectivity index is 1.28. The number of benzene rings is 1. The molecule has 36 heavy (non-hydrogen) atoms. The number of allylic oxidation sites excluding steroid dienone is 4. The molecule has 4 heteroatoms. The van der Waals surface area contributed by atoms with E-state index in [2.05, 4.69) is 37.0 Å². The van der Waals surface area contributed by atoms with E-state index in [1.54, 1.807) is 12.1 Å². The van der Waals surface area contributed by atoms with Gasteiger partial charge in [0.25, 0.3) is 0 Å². The zero-order chi connectivity index (χ0) is 25.1. The van der Waals surface area contributed by atoms with E-state index < -0.39 is 11.6 Å². The number of rotatable bonds is 4. The van der Waals surface area contributed by atoms with Gasteiger partial charge in [0, 0.05) is 18.3 Å². The van der Waals surface area contributed by atoms with Crippen LogP contribution in [0, 0.1) is 34.5 Å². The maximum absolute atomic E-state index is 12.4. The van der Waals surface area contributed by atoms with Gasteiger partial charge in [0.1, 0.15) is 0 Å². The lowest BCUT2D eigenvalue weighted by Crippen LogP contribution is -2.52. The third-order valence-corrected chi connectivity index (χ3v) is 10.8. The molecule has 0 amide bonds. The molecule has 0 spiro atoms. The summed E-state index contributed by atoms with van der Waals surface area (Å²) in [5, 5.41) is 21.7. The molecule has 0 aliphatic heterocycles. The van der Waals surface area contributed by atoms with Crippen molar-refractivity contribution in [2.24, 2.45) is 34.5 Å². The van der Waals surface area contributed by atoms with Gasteiger partial charge in [0.2, 0.25) is 0 Å². The van der Waals surface area contributed by atoms with Crippen LogP contribution in [0.2, 0.25) is 0 Å². The summed E-state index contributed by atoms with van der Waals surface area (Å²) in [6, 6.07) is 13.2. The Hall–Kier alpha value is -2.72. The third kappa shape index (κ3) is 3.30. The van der Waals surface area contributed by atoms with Gasteiger partial charge in [-0.15, -0.1) is 0 Å². The van der Waals surface area contributed by atoms with Crippen LogP contribution in [-0.4, -0.2) is 21.2 Å². The van der Waals surface area contributed by atoms with Gasteiger partial charge < -0.3 is 10.2 Å². The van der Waals surface area contributed by atoms with Crippen molar-refractivity contribution in [1.82, 2.24) is 4.98 Å². The van der Waals surface area contributed by atoms with E-state index >= 15 is 0 Å². The van der Waals surface area contributed by atoms with Gasteiger partial charge in [-0.3, -0.25) is 4.98 Å². The summed E-state index contributed by atoms with van der Waals surface area (Å²) in [6.07, 6.45) is 15.7. The van der Waals surface area contributed by atoms with E-state index in [1.807, 2.05) is 36.7 Å². The average Bonchev–Trinajstić information content (AvgIpc) is 3.26. The second-order valence-corrected chi connectivity index (χ2v) is 12.2. The Morgan fingerprint density at radius 3 is 2.47 bits per heavy atom. The Labute approximate surface area is 214 Å². The van der Waals surface area contributed by atoms with Gasteiger partial charge in [-0.25, -0.2) is 4.79 Å². The highest BCUT2D eigenvalue weighted by Crippen LogP contribution is 2.67. The number of hydrogen-bond donors (Lipinski definition) is 2. The Bertz CT molecular complexity index is 1220. The van der Waals surface area contributed by atoms with Gasteiger partial charge in [-0.1, -0.05) is 68.0 Å². The van der Waals surface area contributed by atoms with Crippen molar-refractivity contribution >= 4 is 11.5 Å². The number of aliphatic carboxylic acids is 1. The van der Waals surface area contributed by atoms with Gasteiger partial charge in [0.05, 0.1) is 0 Å². The van der Waals surface area contributed by atoms with E-state index in [9.17, 15) is 15.0 Å². The quantitative estimate of drug-likeness (QED) is 0.479. The lowest BCUT2D eigenvalue weighted by molar-refractivity contribution is -0.169. The molecule has 0 bridgehead atoms. The molecule has 6 rings (SSSR count). The Morgan fingerprint density at radius 2 is 1.75 bits per heavy atom. The lowest BCUT2D eigenvalue weighted by Gasteiger charge is -2.58. The molecule has 4 aliphatic rings. The highest BCUT2D eigenvalue weighted by Gasteiger charge is 2.58. The number of carboxylic acids is 1. The largest absolute Gasteiger partial charge is 0.479 e. The minimum atomic E-state index is -1.85. The van der Waals surface area contributed by atoms with E-state index in [4.69, 9.17) is 0 Å². The van der Waals surface area contributed by atoms with Gasteiger partial charge in [-0.2, -0.15) is 0 Å². The van der Waals surface area contributed by atoms with Crippen LogP contribution in [0.3, 0.4) is 0 Å². The molecule has 0 radical (unpaired) electrons. The minimum Gasteiger partial charge on any atom is -0.479 e. The Kier molecular flexibility index (Phi) is 5.53. The van der Waals surface area contributed by atoms with Crippen molar-refractivity contribution in [3.63, 3.8) is 0 Å². The smallest absolute Gasteiger partial charge is 0.340 e. The van der Waals surface area contributed by atoms with Crippen LogP contribution in [0.25, 0.3) is 5.57 Å². The molecule has 7 atom stereocenters. The summed E-state index contributed by atoms with van der Waals surface area (Å²) in [4.78, 5) is 16.8. The number of pyridine rings is 1. The topological polar surface area (TPSA) is 70.4 Å². The van der Waals surface area contributed by atoms with Crippen LogP contribution in [0.5, 0.6) is 0 Å². The van der Waals surface area contributed by atoms with Gasteiger partial charge in [-0.05, 0) is 96.3 Å². The normalized spacial score (nSPS) is 37.0. The van der Waals surface area contributed by atoms with Crippen LogP contribution >= 0.6 is 0 Å². The highest BCUT2D eigenvalue weighted by atomic mass is 16.4. The minimum absolute atomic E-state index is 0.0912. The third-order valence-electron chi connectivity index (χ3n) is 10.8. The van der Waals surface area contributed by atoms with Crippen molar-refractivity contribution in [3.05, 3.63) is 83.7 Å². The lowest BCUT2D eigenvalue weighted by atomic mass is 9.46. The standard InChI is InChI=1S/C32H37NO3/c1-30-16-14-24(32(36,29(34)35)22-8-4-3-5-9-22)19-23(30)10-11-25-27-13-12-26(21-7-6-18-33-20-21)31(27,2)17-15-28(25)30/h3-10,12,18,20,24-25,27-28,36H,11,13-17,19H2,1-2H3,(H,34,35)/t24-,25-,27-,28-,30-,31+,32?/m0/s1. The number of carbonyl (C=O) groups is 1. The van der Waals surface area contributed by atoms with E-state index in [-0.39, 0.29) is 16.7 Å². The maximum Gasteiger partial charge on any atom is 0.340 e. The van der Waals surface area contributed by atoms with Crippen molar-refractivity contribution in [2.45, 2.75) is 64.4 Å². The number of aliphatic hydroxyl groups is 1. The first-order valence-electron chi connectivity index (χ1n) is 13.6. The molecule has 4 aliphatic carbocycles. The van der Waals surface area contributed by atoms with E-state index in [0.29, 0.717) is 29.7 Å². The van der Waals surface area contributed by atoms with Gasteiger partial charge >= 0.3 is 5.97 Å². The van der Waals surface area contributed by atoms with E-state index in [0.717, 1.165) is 25.7 Å². The molecule has 2 aromatic rings. The zero-order valence-electron chi connectivity index (χ0n) is 21.4. The zero-order valence-corrected chi connectivity index (χ0v) is 21.4. The molecular formula is C32H37NO3. The summed E-state index contributed by atoms with van der Waals surface area (Å²) in [7, 11) is 0. The number of carboxylic acid groups (broad SMARTS) is 1. The fourth-order valence-electron chi connectivity index (χ4n) is 8.78. The molecule has 188 valence electrons. The van der Waals surface area contributed by atoms with Crippen LogP contribution < -0.4 is 0 Å². The molecule has 4 nitrogen and oxygen atoms in total. The molecule has 0 saturated heterocycles. The fourth-order valence-corrected chi connectivity index (χ4v) is 8.78. The van der Waals surface area contributed by atoms with Gasteiger partial charge in [0.15, 0.2) is 5.60 Å². The average molecular weight is 484 g/mol. The monoisotopic (exact) mass is 483 g/mol. The van der Waals surface area contributed by atoms with E-state index in [1.165, 1.54) is 29.6 Å². The fraction of sp³-hybridized carbons (Fsp3) is 0.500. The van der Waals surface area contributed by atoms with Crippen molar-refractivity contribution in [3.8, 4) is 0 Å². The first-order chi connectivity index (χ1) is 17.3. The predicted molar refractivity (Wildman–Crippen MR) is 141 cm³/mol. The van der Waals surface area contributed by atoms with Crippen LogP contribution in [0.4, 0.5) is 0 Å².